The number of nitrogens with zero attached hydrogens (tertiary/aromatic N) is 3. The van der Waals surface area contributed by atoms with Gasteiger partial charge in [0.15, 0.2) is 0 Å². The molecule has 9 nitrogen and oxygen atoms in total. The number of nitrogens with one attached hydrogen (secondary N) is 1. The minimum absolute atomic E-state index is 0.0396. The number of aromatic nitrogens is 3. The maximum absolute atomic E-state index is 13.3. The third-order valence-electron chi connectivity index (χ3n) is 5.61. The molecule has 31 heavy (non-hydrogen) atoms. The van der Waals surface area contributed by atoms with Crippen molar-refractivity contribution in [3.63, 3.8) is 0 Å². The van der Waals surface area contributed by atoms with Crippen molar-refractivity contribution in [3.8, 4) is 17.0 Å². The number of carbonyl (C=O) groups excluding carboxylic acids is 1. The molecule has 2 aromatic carbocycles. The standard InChI is InChI=1S/C22H16N4O5/c1-25-17-8-3-2-7-14(17)21-19(22(25)28)15(10-18(27)31-21)16-11-23-24-20(16)12-5-4-6-13(9-12)26(29)30/h2-9,11,15H,10H2,1H3,(H,23,24)/t15-/m1/s1. The molecule has 0 saturated carbocycles. The number of pyridine rings is 1. The fraction of sp³-hybridized carbons (Fsp3) is 0.136. The quantitative estimate of drug-likeness (QED) is 0.311. The molecular formula is C22H16N4O5. The Morgan fingerprint density at radius 2 is 2.00 bits per heavy atom. The Bertz CT molecular complexity index is 1440. The van der Waals surface area contributed by atoms with Gasteiger partial charge in [0.25, 0.3) is 11.2 Å². The Balaban J connectivity index is 1.75. The van der Waals surface area contributed by atoms with Gasteiger partial charge in [0.2, 0.25) is 0 Å². The highest BCUT2D eigenvalue weighted by atomic mass is 16.6. The lowest BCUT2D eigenvalue weighted by Crippen LogP contribution is -2.31. The largest absolute Gasteiger partial charge is 0.425 e. The number of esters is 1. The van der Waals surface area contributed by atoms with Crippen LogP contribution in [0.15, 0.2) is 59.5 Å². The highest BCUT2D eigenvalue weighted by molar-refractivity contribution is 5.92. The van der Waals surface area contributed by atoms with Crippen LogP contribution in [0.5, 0.6) is 5.75 Å². The molecule has 0 bridgehead atoms. The van der Waals surface area contributed by atoms with Gasteiger partial charge in [-0.3, -0.25) is 24.8 Å². The summed E-state index contributed by atoms with van der Waals surface area (Å²) in [6, 6.07) is 13.3. The van der Waals surface area contributed by atoms with E-state index in [-0.39, 0.29) is 23.4 Å². The fourth-order valence-corrected chi connectivity index (χ4v) is 4.16. The van der Waals surface area contributed by atoms with E-state index in [9.17, 15) is 19.7 Å². The molecule has 0 saturated heterocycles. The first-order valence-electron chi connectivity index (χ1n) is 9.56. The minimum Gasteiger partial charge on any atom is -0.425 e. The molecule has 0 spiro atoms. The number of aryl methyl sites for hydroxylation is 1. The van der Waals surface area contributed by atoms with Crippen LogP contribution < -0.4 is 10.3 Å². The molecule has 2 aromatic heterocycles. The molecule has 1 N–H and O–H groups in total. The number of fused-ring (bicyclic) bond motifs is 3. The lowest BCUT2D eigenvalue weighted by atomic mass is 9.85. The smallest absolute Gasteiger partial charge is 0.312 e. The van der Waals surface area contributed by atoms with Crippen LogP contribution >= 0.6 is 0 Å². The molecular weight excluding hydrogens is 400 g/mol. The first-order chi connectivity index (χ1) is 15.0. The number of benzene rings is 2. The van der Waals surface area contributed by atoms with E-state index in [1.54, 1.807) is 37.5 Å². The molecule has 5 rings (SSSR count). The summed E-state index contributed by atoms with van der Waals surface area (Å²) >= 11 is 0. The van der Waals surface area contributed by atoms with Gasteiger partial charge in [0.1, 0.15) is 5.75 Å². The second-order valence-corrected chi connectivity index (χ2v) is 7.36. The second kappa shape index (κ2) is 6.91. The zero-order valence-electron chi connectivity index (χ0n) is 16.4. The maximum Gasteiger partial charge on any atom is 0.312 e. The van der Waals surface area contributed by atoms with Crippen LogP contribution in [0.1, 0.15) is 23.5 Å². The first-order valence-corrected chi connectivity index (χ1v) is 9.56. The number of nitro benzene ring substituents is 1. The molecule has 1 atom stereocenters. The van der Waals surface area contributed by atoms with Crippen molar-refractivity contribution in [1.29, 1.82) is 0 Å². The summed E-state index contributed by atoms with van der Waals surface area (Å²) < 4.78 is 7.07. The molecule has 0 fully saturated rings. The van der Waals surface area contributed by atoms with Crippen LogP contribution in [-0.2, 0) is 11.8 Å². The lowest BCUT2D eigenvalue weighted by molar-refractivity contribution is -0.384. The molecule has 0 unspecified atom stereocenters. The SMILES string of the molecule is Cn1c(=O)c2c(c3ccccc31)OC(=O)C[C@@H]2c1cn[nH]c1-c1cccc([N+](=O)[O-])c1. The molecule has 9 heteroatoms. The van der Waals surface area contributed by atoms with Crippen molar-refractivity contribution in [3.05, 3.63) is 86.3 Å². The van der Waals surface area contributed by atoms with Crippen LogP contribution in [0.25, 0.3) is 22.2 Å². The first kappa shape index (κ1) is 18.7. The fourth-order valence-electron chi connectivity index (χ4n) is 4.16. The summed E-state index contributed by atoms with van der Waals surface area (Å²) in [7, 11) is 1.68. The monoisotopic (exact) mass is 416 g/mol. The van der Waals surface area contributed by atoms with Gasteiger partial charge in [-0.05, 0) is 12.1 Å². The van der Waals surface area contributed by atoms with Crippen LogP contribution in [-0.4, -0.2) is 25.7 Å². The number of carbonyl (C=O) groups is 1. The van der Waals surface area contributed by atoms with E-state index in [1.165, 1.54) is 16.7 Å². The number of para-hydroxylation sites is 1. The van der Waals surface area contributed by atoms with E-state index in [0.29, 0.717) is 33.3 Å². The average Bonchev–Trinajstić information content (AvgIpc) is 3.27. The third kappa shape index (κ3) is 2.90. The molecule has 3 heterocycles. The van der Waals surface area contributed by atoms with Crippen molar-refractivity contribution < 1.29 is 14.5 Å². The van der Waals surface area contributed by atoms with Crippen LogP contribution in [0.2, 0.25) is 0 Å². The normalized spacial score (nSPS) is 15.5. The van der Waals surface area contributed by atoms with Gasteiger partial charge in [0.05, 0.1) is 34.3 Å². The molecule has 0 amide bonds. The van der Waals surface area contributed by atoms with E-state index in [1.807, 2.05) is 12.1 Å². The number of non-ortho nitro benzene ring substituents is 1. The molecule has 4 aromatic rings. The Labute approximate surface area is 175 Å². The van der Waals surface area contributed by atoms with Crippen molar-refractivity contribution in [2.75, 3.05) is 0 Å². The summed E-state index contributed by atoms with van der Waals surface area (Å²) in [5, 5.41) is 18.8. The van der Waals surface area contributed by atoms with Crippen LogP contribution in [0, 0.1) is 10.1 Å². The second-order valence-electron chi connectivity index (χ2n) is 7.36. The summed E-state index contributed by atoms with van der Waals surface area (Å²) in [6.07, 6.45) is 1.51. The summed E-state index contributed by atoms with van der Waals surface area (Å²) in [5.74, 6) is -0.805. The zero-order chi connectivity index (χ0) is 21.7. The topological polar surface area (TPSA) is 120 Å². The van der Waals surface area contributed by atoms with Crippen LogP contribution in [0.4, 0.5) is 5.69 Å². The van der Waals surface area contributed by atoms with Crippen molar-refractivity contribution in [1.82, 2.24) is 14.8 Å². The van der Waals surface area contributed by atoms with Crippen molar-refractivity contribution in [2.24, 2.45) is 7.05 Å². The van der Waals surface area contributed by atoms with Crippen LogP contribution in [0.3, 0.4) is 0 Å². The Morgan fingerprint density at radius 1 is 1.19 bits per heavy atom. The molecule has 1 aliphatic heterocycles. The van der Waals surface area contributed by atoms with Gasteiger partial charge < -0.3 is 9.30 Å². The molecule has 0 aliphatic carbocycles. The van der Waals surface area contributed by atoms with Gasteiger partial charge in [-0.1, -0.05) is 24.3 Å². The molecule has 0 radical (unpaired) electrons. The predicted molar refractivity (Wildman–Crippen MR) is 112 cm³/mol. The van der Waals surface area contributed by atoms with E-state index in [2.05, 4.69) is 10.2 Å². The number of ether oxygens (including phenoxy) is 1. The number of nitro groups is 1. The number of aromatic amines is 1. The Hall–Kier alpha value is -4.27. The molecule has 154 valence electrons. The number of hydrogen-bond acceptors (Lipinski definition) is 6. The average molecular weight is 416 g/mol. The van der Waals surface area contributed by atoms with E-state index in [0.717, 1.165) is 0 Å². The van der Waals surface area contributed by atoms with Gasteiger partial charge in [-0.2, -0.15) is 5.10 Å². The highest BCUT2D eigenvalue weighted by Crippen LogP contribution is 2.43. The van der Waals surface area contributed by atoms with Gasteiger partial charge in [-0.15, -0.1) is 0 Å². The lowest BCUT2D eigenvalue weighted by Gasteiger charge is -2.26. The minimum atomic E-state index is -0.604. The summed E-state index contributed by atoms with van der Waals surface area (Å²) in [4.78, 5) is 36.5. The van der Waals surface area contributed by atoms with Gasteiger partial charge in [0, 0.05) is 41.6 Å². The number of hydrogen-bond donors (Lipinski definition) is 1. The van der Waals surface area contributed by atoms with Crippen molar-refractivity contribution in [2.45, 2.75) is 12.3 Å². The number of H-pyrrole nitrogens is 1. The van der Waals surface area contributed by atoms with E-state index < -0.39 is 16.8 Å². The summed E-state index contributed by atoms with van der Waals surface area (Å²) in [6.45, 7) is 0. The van der Waals surface area contributed by atoms with E-state index >= 15 is 0 Å². The molecule has 1 aliphatic rings. The highest BCUT2D eigenvalue weighted by Gasteiger charge is 2.35. The van der Waals surface area contributed by atoms with E-state index in [4.69, 9.17) is 4.74 Å². The van der Waals surface area contributed by atoms with Gasteiger partial charge >= 0.3 is 5.97 Å². The Morgan fingerprint density at radius 3 is 2.81 bits per heavy atom. The maximum atomic E-state index is 13.3. The number of rotatable bonds is 3. The Kier molecular flexibility index (Phi) is 4.18. The predicted octanol–water partition coefficient (Wildman–Crippen LogP) is 3.28. The summed E-state index contributed by atoms with van der Waals surface area (Å²) in [5.41, 5.74) is 2.36. The van der Waals surface area contributed by atoms with Gasteiger partial charge in [-0.25, -0.2) is 0 Å². The van der Waals surface area contributed by atoms with Crippen molar-refractivity contribution >= 4 is 22.6 Å². The zero-order valence-corrected chi connectivity index (χ0v) is 16.4. The third-order valence-corrected chi connectivity index (χ3v) is 5.61.